The lowest BCUT2D eigenvalue weighted by atomic mass is 9.80. The molecule has 118 valence electrons. The molecule has 2 aromatic rings. The molecule has 0 aromatic carbocycles. The second-order valence-electron chi connectivity index (χ2n) is 6.57. The maximum Gasteiger partial charge on any atom is 0.224 e. The first-order valence-corrected chi connectivity index (χ1v) is 7.91. The SMILES string of the molecule is Cc1nnc([C@]23CCC[C@H]2CN(Cc2ccc(CO)o2)C3)o1. The molecule has 0 radical (unpaired) electrons. The number of likely N-dealkylation sites (tertiary alicyclic amines) is 1. The fourth-order valence-electron chi connectivity index (χ4n) is 4.17. The first kappa shape index (κ1) is 14.0. The van der Waals surface area contributed by atoms with Gasteiger partial charge >= 0.3 is 0 Å². The molecule has 6 heteroatoms. The Labute approximate surface area is 129 Å². The van der Waals surface area contributed by atoms with Gasteiger partial charge in [0.15, 0.2) is 0 Å². The average molecular weight is 303 g/mol. The van der Waals surface area contributed by atoms with Gasteiger partial charge in [0.05, 0.1) is 12.0 Å². The third-order valence-electron chi connectivity index (χ3n) is 5.15. The number of rotatable bonds is 4. The van der Waals surface area contributed by atoms with Crippen LogP contribution in [0.4, 0.5) is 0 Å². The van der Waals surface area contributed by atoms with Crippen molar-refractivity contribution in [3.63, 3.8) is 0 Å². The van der Waals surface area contributed by atoms with E-state index in [4.69, 9.17) is 13.9 Å². The third-order valence-corrected chi connectivity index (χ3v) is 5.15. The van der Waals surface area contributed by atoms with Crippen LogP contribution in [-0.4, -0.2) is 33.3 Å². The summed E-state index contributed by atoms with van der Waals surface area (Å²) >= 11 is 0. The smallest absolute Gasteiger partial charge is 0.224 e. The van der Waals surface area contributed by atoms with Crippen molar-refractivity contribution in [3.05, 3.63) is 35.4 Å². The number of hydrogen-bond acceptors (Lipinski definition) is 6. The van der Waals surface area contributed by atoms with Crippen LogP contribution in [0.1, 0.15) is 42.6 Å². The van der Waals surface area contributed by atoms with E-state index in [2.05, 4.69) is 15.1 Å². The second kappa shape index (κ2) is 5.21. The number of aliphatic hydroxyl groups is 1. The second-order valence-corrected chi connectivity index (χ2v) is 6.57. The highest BCUT2D eigenvalue weighted by Crippen LogP contribution is 2.50. The average Bonchev–Trinajstić information content (AvgIpc) is 3.21. The highest BCUT2D eigenvalue weighted by atomic mass is 16.4. The molecule has 0 amide bonds. The topological polar surface area (TPSA) is 75.5 Å². The third kappa shape index (κ3) is 2.18. The quantitative estimate of drug-likeness (QED) is 0.931. The Morgan fingerprint density at radius 1 is 1.32 bits per heavy atom. The Kier molecular flexibility index (Phi) is 3.31. The van der Waals surface area contributed by atoms with Crippen molar-refractivity contribution in [1.82, 2.24) is 15.1 Å². The maximum absolute atomic E-state index is 9.10. The first-order chi connectivity index (χ1) is 10.7. The molecule has 6 nitrogen and oxygen atoms in total. The van der Waals surface area contributed by atoms with Crippen molar-refractivity contribution in [2.45, 2.75) is 44.8 Å². The lowest BCUT2D eigenvalue weighted by Gasteiger charge is -2.24. The Balaban J connectivity index is 1.54. The van der Waals surface area contributed by atoms with Gasteiger partial charge in [0, 0.05) is 20.0 Å². The van der Waals surface area contributed by atoms with Gasteiger partial charge in [-0.15, -0.1) is 10.2 Å². The van der Waals surface area contributed by atoms with Crippen molar-refractivity contribution >= 4 is 0 Å². The highest BCUT2D eigenvalue weighted by molar-refractivity contribution is 5.17. The van der Waals surface area contributed by atoms with Gasteiger partial charge in [0.25, 0.3) is 0 Å². The Bertz CT molecular complexity index is 665. The summed E-state index contributed by atoms with van der Waals surface area (Å²) in [5.74, 6) is 3.56. The lowest BCUT2D eigenvalue weighted by Crippen LogP contribution is -2.32. The summed E-state index contributed by atoms with van der Waals surface area (Å²) in [5, 5.41) is 17.4. The first-order valence-electron chi connectivity index (χ1n) is 7.91. The van der Waals surface area contributed by atoms with Crippen LogP contribution in [0.2, 0.25) is 0 Å². The molecule has 2 fully saturated rings. The number of aromatic nitrogens is 2. The van der Waals surface area contributed by atoms with Crippen LogP contribution < -0.4 is 0 Å². The number of furan rings is 1. The highest BCUT2D eigenvalue weighted by Gasteiger charge is 2.53. The maximum atomic E-state index is 9.10. The van der Waals surface area contributed by atoms with E-state index in [-0.39, 0.29) is 12.0 Å². The summed E-state index contributed by atoms with van der Waals surface area (Å²) in [6.45, 7) is 4.55. The van der Waals surface area contributed by atoms with Crippen LogP contribution in [0.15, 0.2) is 21.0 Å². The Hall–Kier alpha value is -1.66. The van der Waals surface area contributed by atoms with Crippen LogP contribution >= 0.6 is 0 Å². The van der Waals surface area contributed by atoms with Gasteiger partial charge in [-0.05, 0) is 30.9 Å². The molecule has 1 saturated carbocycles. The monoisotopic (exact) mass is 303 g/mol. The molecule has 2 aliphatic rings. The van der Waals surface area contributed by atoms with E-state index in [1.54, 1.807) is 0 Å². The Morgan fingerprint density at radius 2 is 2.18 bits per heavy atom. The van der Waals surface area contributed by atoms with Crippen LogP contribution in [0.25, 0.3) is 0 Å². The van der Waals surface area contributed by atoms with E-state index in [1.165, 1.54) is 12.8 Å². The van der Waals surface area contributed by atoms with Gasteiger partial charge in [0.1, 0.15) is 18.1 Å². The predicted octanol–water partition coefficient (Wildman–Crippen LogP) is 2.02. The minimum absolute atomic E-state index is 0.0215. The molecule has 0 unspecified atom stereocenters. The molecular formula is C16H21N3O3. The minimum atomic E-state index is -0.0478. The molecule has 0 bridgehead atoms. The van der Waals surface area contributed by atoms with Crippen LogP contribution in [0, 0.1) is 12.8 Å². The van der Waals surface area contributed by atoms with Gasteiger partial charge in [-0.2, -0.15) is 0 Å². The Morgan fingerprint density at radius 3 is 2.91 bits per heavy atom. The van der Waals surface area contributed by atoms with E-state index < -0.39 is 0 Å². The summed E-state index contributed by atoms with van der Waals surface area (Å²) < 4.78 is 11.4. The minimum Gasteiger partial charge on any atom is -0.462 e. The molecule has 1 aliphatic heterocycles. The normalized spacial score (nSPS) is 28.4. The van der Waals surface area contributed by atoms with Crippen LogP contribution in [-0.2, 0) is 18.6 Å². The molecule has 1 aliphatic carbocycles. The number of fused-ring (bicyclic) bond motifs is 1. The summed E-state index contributed by atoms with van der Waals surface area (Å²) in [6.07, 6.45) is 3.57. The largest absolute Gasteiger partial charge is 0.462 e. The van der Waals surface area contributed by atoms with Gasteiger partial charge in [-0.25, -0.2) is 0 Å². The molecule has 0 spiro atoms. The van der Waals surface area contributed by atoms with E-state index in [0.29, 0.717) is 17.6 Å². The molecule has 1 N–H and O–H groups in total. The van der Waals surface area contributed by atoms with Crippen molar-refractivity contribution in [2.75, 3.05) is 13.1 Å². The molecule has 22 heavy (non-hydrogen) atoms. The van der Waals surface area contributed by atoms with E-state index >= 15 is 0 Å². The number of nitrogens with zero attached hydrogens (tertiary/aromatic N) is 3. The van der Waals surface area contributed by atoms with Crippen molar-refractivity contribution in [1.29, 1.82) is 0 Å². The molecule has 3 heterocycles. The summed E-state index contributed by atoms with van der Waals surface area (Å²) in [5.41, 5.74) is 0.0215. The number of hydrogen-bond donors (Lipinski definition) is 1. The van der Waals surface area contributed by atoms with E-state index in [1.807, 2.05) is 19.1 Å². The molecule has 2 aromatic heterocycles. The lowest BCUT2D eigenvalue weighted by molar-refractivity contribution is 0.224. The number of aliphatic hydroxyl groups excluding tert-OH is 1. The molecule has 1 saturated heterocycles. The zero-order valence-corrected chi connectivity index (χ0v) is 12.8. The predicted molar refractivity (Wildman–Crippen MR) is 78.0 cm³/mol. The van der Waals surface area contributed by atoms with Crippen molar-refractivity contribution < 1.29 is 13.9 Å². The van der Waals surface area contributed by atoms with Gasteiger partial charge in [-0.3, -0.25) is 4.90 Å². The van der Waals surface area contributed by atoms with Crippen molar-refractivity contribution in [3.8, 4) is 0 Å². The zero-order chi connectivity index (χ0) is 15.2. The number of aryl methyl sites for hydroxylation is 1. The summed E-state index contributed by atoms with van der Waals surface area (Å²) in [6, 6.07) is 3.78. The van der Waals surface area contributed by atoms with E-state index in [9.17, 15) is 0 Å². The van der Waals surface area contributed by atoms with Crippen molar-refractivity contribution in [2.24, 2.45) is 5.92 Å². The summed E-state index contributed by atoms with van der Waals surface area (Å²) in [7, 11) is 0. The van der Waals surface area contributed by atoms with Gasteiger partial charge in [-0.1, -0.05) is 6.42 Å². The van der Waals surface area contributed by atoms with Crippen LogP contribution in [0.5, 0.6) is 0 Å². The zero-order valence-electron chi connectivity index (χ0n) is 12.8. The van der Waals surface area contributed by atoms with Gasteiger partial charge in [0.2, 0.25) is 11.8 Å². The fraction of sp³-hybridized carbons (Fsp3) is 0.625. The molecular weight excluding hydrogens is 282 g/mol. The molecule has 4 rings (SSSR count). The van der Waals surface area contributed by atoms with E-state index in [0.717, 1.165) is 37.7 Å². The molecule has 2 atom stereocenters. The standard InChI is InChI=1S/C16H21N3O3/c1-11-17-18-15(21-11)16-6-2-3-12(16)7-19(10-16)8-13-4-5-14(9-20)22-13/h4-5,12,20H,2-3,6-10H2,1H3/t12-,16-/m0/s1. The fourth-order valence-corrected chi connectivity index (χ4v) is 4.17. The van der Waals surface area contributed by atoms with Gasteiger partial charge < -0.3 is 13.9 Å². The summed E-state index contributed by atoms with van der Waals surface area (Å²) in [4.78, 5) is 2.41. The van der Waals surface area contributed by atoms with Crippen LogP contribution in [0.3, 0.4) is 0 Å².